The van der Waals surface area contributed by atoms with Crippen LogP contribution in [0.15, 0.2) is 23.1 Å². The molecule has 0 radical (unpaired) electrons. The minimum atomic E-state index is -3.62. The lowest BCUT2D eigenvalue weighted by Gasteiger charge is -2.22. The number of nitrogens with zero attached hydrogens (tertiary/aromatic N) is 1. The number of sulfonamides is 1. The second kappa shape index (κ2) is 5.41. The summed E-state index contributed by atoms with van der Waals surface area (Å²) in [6, 6.07) is 4.14. The minimum absolute atomic E-state index is 0.0443. The van der Waals surface area contributed by atoms with Crippen LogP contribution in [0.2, 0.25) is 0 Å². The Balaban J connectivity index is 2.40. The Kier molecular flexibility index (Phi) is 4.01. The van der Waals surface area contributed by atoms with Gasteiger partial charge in [0.2, 0.25) is 15.9 Å². The molecule has 0 aromatic heterocycles. The third-order valence-electron chi connectivity index (χ3n) is 3.28. The van der Waals surface area contributed by atoms with Crippen molar-refractivity contribution in [2.24, 2.45) is 5.73 Å². The van der Waals surface area contributed by atoms with Gasteiger partial charge >= 0.3 is 0 Å². The summed E-state index contributed by atoms with van der Waals surface area (Å²) in [6.45, 7) is 2.41. The van der Waals surface area contributed by atoms with Crippen molar-refractivity contribution in [2.75, 3.05) is 12.3 Å². The zero-order valence-corrected chi connectivity index (χ0v) is 12.2. The summed E-state index contributed by atoms with van der Waals surface area (Å²) in [6.07, 6.45) is 2.52. The molecule has 20 heavy (non-hydrogen) atoms. The fourth-order valence-corrected chi connectivity index (χ4v) is 4.02. The second-order valence-electron chi connectivity index (χ2n) is 4.96. The van der Waals surface area contributed by atoms with Crippen LogP contribution < -0.4 is 11.5 Å². The molecule has 2 rings (SSSR count). The maximum atomic E-state index is 12.6. The number of primary amides is 1. The highest BCUT2D eigenvalue weighted by molar-refractivity contribution is 7.89. The highest BCUT2D eigenvalue weighted by Crippen LogP contribution is 2.33. The van der Waals surface area contributed by atoms with E-state index in [2.05, 4.69) is 0 Å². The maximum absolute atomic E-state index is 12.6. The number of nitrogen functional groups attached to an aromatic ring is 1. The topological polar surface area (TPSA) is 106 Å². The van der Waals surface area contributed by atoms with Gasteiger partial charge in [-0.05, 0) is 37.5 Å². The van der Waals surface area contributed by atoms with E-state index in [1.54, 1.807) is 0 Å². The molecule has 0 saturated heterocycles. The van der Waals surface area contributed by atoms with Gasteiger partial charge in [-0.3, -0.25) is 4.79 Å². The number of anilines is 1. The molecule has 1 saturated carbocycles. The summed E-state index contributed by atoms with van der Waals surface area (Å²) < 4.78 is 26.8. The molecule has 0 unspecified atom stereocenters. The molecular weight excluding hydrogens is 278 g/mol. The van der Waals surface area contributed by atoms with E-state index in [4.69, 9.17) is 11.5 Å². The van der Waals surface area contributed by atoms with Gasteiger partial charge in [0.25, 0.3) is 0 Å². The Bertz CT molecular complexity index is 624. The Hall–Kier alpha value is -1.60. The van der Waals surface area contributed by atoms with Gasteiger partial charge in [0.1, 0.15) is 4.90 Å². The standard InChI is InChI=1S/C13H19N3O3S/c1-2-7-16(10-4-5-10)20(18,19)12-6-3-9(13(15)17)8-11(12)14/h3,6,8,10H,2,4-5,7,14H2,1H3,(H2,15,17). The summed E-state index contributed by atoms with van der Waals surface area (Å²) >= 11 is 0. The zero-order chi connectivity index (χ0) is 14.9. The molecular formula is C13H19N3O3S. The summed E-state index contributed by atoms with van der Waals surface area (Å²) in [7, 11) is -3.62. The van der Waals surface area contributed by atoms with Gasteiger partial charge in [0, 0.05) is 18.2 Å². The molecule has 1 aromatic rings. The quantitative estimate of drug-likeness (QED) is 0.762. The first kappa shape index (κ1) is 14.8. The molecule has 4 N–H and O–H groups in total. The Labute approximate surface area is 118 Å². The van der Waals surface area contributed by atoms with Crippen molar-refractivity contribution in [1.82, 2.24) is 4.31 Å². The van der Waals surface area contributed by atoms with Crippen molar-refractivity contribution in [3.63, 3.8) is 0 Å². The van der Waals surface area contributed by atoms with E-state index >= 15 is 0 Å². The van der Waals surface area contributed by atoms with Gasteiger partial charge in [0.15, 0.2) is 0 Å². The average Bonchev–Trinajstić information content (AvgIpc) is 3.19. The Morgan fingerprint density at radius 1 is 1.40 bits per heavy atom. The van der Waals surface area contributed by atoms with Gasteiger partial charge in [-0.25, -0.2) is 8.42 Å². The number of benzene rings is 1. The van der Waals surface area contributed by atoms with E-state index in [9.17, 15) is 13.2 Å². The van der Waals surface area contributed by atoms with Crippen LogP contribution in [-0.4, -0.2) is 31.2 Å². The van der Waals surface area contributed by atoms with Crippen LogP contribution in [0.25, 0.3) is 0 Å². The lowest BCUT2D eigenvalue weighted by molar-refractivity contribution is 0.1000. The van der Waals surface area contributed by atoms with E-state index in [0.29, 0.717) is 6.54 Å². The number of rotatable bonds is 6. The molecule has 1 amide bonds. The highest BCUT2D eigenvalue weighted by Gasteiger charge is 2.38. The summed E-state index contributed by atoms with van der Waals surface area (Å²) in [4.78, 5) is 11.1. The van der Waals surface area contributed by atoms with Crippen molar-refractivity contribution in [3.05, 3.63) is 23.8 Å². The molecule has 1 aromatic carbocycles. The smallest absolute Gasteiger partial charge is 0.248 e. The molecule has 7 heteroatoms. The maximum Gasteiger partial charge on any atom is 0.248 e. The molecule has 0 bridgehead atoms. The number of carbonyl (C=O) groups is 1. The Morgan fingerprint density at radius 3 is 2.50 bits per heavy atom. The molecule has 110 valence electrons. The normalized spacial score (nSPS) is 15.5. The van der Waals surface area contributed by atoms with Crippen LogP contribution in [0.4, 0.5) is 5.69 Å². The van der Waals surface area contributed by atoms with Crippen LogP contribution in [-0.2, 0) is 10.0 Å². The fourth-order valence-electron chi connectivity index (χ4n) is 2.14. The van der Waals surface area contributed by atoms with E-state index in [0.717, 1.165) is 19.3 Å². The SMILES string of the molecule is CCCN(C1CC1)S(=O)(=O)c1ccc(C(N)=O)cc1N. The molecule has 1 aliphatic carbocycles. The van der Waals surface area contributed by atoms with E-state index in [1.165, 1.54) is 22.5 Å². The summed E-state index contributed by atoms with van der Waals surface area (Å²) in [5, 5.41) is 0. The molecule has 0 aliphatic heterocycles. The third kappa shape index (κ3) is 2.78. The minimum Gasteiger partial charge on any atom is -0.398 e. The predicted octanol–water partition coefficient (Wildman–Crippen LogP) is 0.931. The van der Waals surface area contributed by atoms with Crippen molar-refractivity contribution < 1.29 is 13.2 Å². The van der Waals surface area contributed by atoms with Crippen molar-refractivity contribution in [1.29, 1.82) is 0 Å². The lowest BCUT2D eigenvalue weighted by atomic mass is 10.2. The Morgan fingerprint density at radius 2 is 2.05 bits per heavy atom. The number of amides is 1. The summed E-state index contributed by atoms with van der Waals surface area (Å²) in [5.74, 6) is -0.631. The van der Waals surface area contributed by atoms with Crippen molar-refractivity contribution >= 4 is 21.6 Å². The largest absolute Gasteiger partial charge is 0.398 e. The van der Waals surface area contributed by atoms with Crippen molar-refractivity contribution in [2.45, 2.75) is 37.1 Å². The second-order valence-corrected chi connectivity index (χ2v) is 6.82. The first-order valence-electron chi connectivity index (χ1n) is 6.59. The molecule has 0 spiro atoms. The van der Waals surface area contributed by atoms with E-state index < -0.39 is 15.9 Å². The highest BCUT2D eigenvalue weighted by atomic mass is 32.2. The van der Waals surface area contributed by atoms with E-state index in [1.807, 2.05) is 6.92 Å². The molecule has 0 heterocycles. The first-order valence-corrected chi connectivity index (χ1v) is 8.03. The molecule has 6 nitrogen and oxygen atoms in total. The molecule has 1 fully saturated rings. The monoisotopic (exact) mass is 297 g/mol. The predicted molar refractivity (Wildman–Crippen MR) is 76.6 cm³/mol. The number of hydrogen-bond acceptors (Lipinski definition) is 4. The average molecular weight is 297 g/mol. The van der Waals surface area contributed by atoms with Gasteiger partial charge < -0.3 is 11.5 Å². The van der Waals surface area contributed by atoms with Gasteiger partial charge in [-0.15, -0.1) is 0 Å². The number of nitrogens with two attached hydrogens (primary N) is 2. The fraction of sp³-hybridized carbons (Fsp3) is 0.462. The van der Waals surface area contributed by atoms with Crippen LogP contribution in [0.5, 0.6) is 0 Å². The molecule has 1 aliphatic rings. The van der Waals surface area contributed by atoms with Gasteiger partial charge in [-0.1, -0.05) is 6.92 Å². The van der Waals surface area contributed by atoms with Crippen LogP contribution in [0, 0.1) is 0 Å². The first-order chi connectivity index (χ1) is 9.37. The van der Waals surface area contributed by atoms with Crippen LogP contribution in [0.3, 0.4) is 0 Å². The van der Waals surface area contributed by atoms with E-state index in [-0.39, 0.29) is 22.2 Å². The number of carbonyl (C=O) groups excluding carboxylic acids is 1. The van der Waals surface area contributed by atoms with Gasteiger partial charge in [0.05, 0.1) is 5.69 Å². The number of hydrogen-bond donors (Lipinski definition) is 2. The zero-order valence-electron chi connectivity index (χ0n) is 11.4. The summed E-state index contributed by atoms with van der Waals surface area (Å²) in [5.41, 5.74) is 11.2. The lowest BCUT2D eigenvalue weighted by Crippen LogP contribution is -2.34. The third-order valence-corrected chi connectivity index (χ3v) is 5.30. The van der Waals surface area contributed by atoms with Crippen LogP contribution >= 0.6 is 0 Å². The van der Waals surface area contributed by atoms with Crippen LogP contribution in [0.1, 0.15) is 36.5 Å². The van der Waals surface area contributed by atoms with Gasteiger partial charge in [-0.2, -0.15) is 4.31 Å². The van der Waals surface area contributed by atoms with Crippen molar-refractivity contribution in [3.8, 4) is 0 Å². The molecule has 0 atom stereocenters.